The van der Waals surface area contributed by atoms with Crippen LogP contribution in [0.1, 0.15) is 35.5 Å². The molecule has 0 saturated carbocycles. The van der Waals surface area contributed by atoms with Crippen LogP contribution >= 0.6 is 0 Å². The Balaban J connectivity index is 2.03. The summed E-state index contributed by atoms with van der Waals surface area (Å²) in [4.78, 5) is 28.4. The lowest BCUT2D eigenvalue weighted by Crippen LogP contribution is -2.40. The van der Waals surface area contributed by atoms with Crippen LogP contribution in [0.2, 0.25) is 0 Å². The van der Waals surface area contributed by atoms with Crippen molar-refractivity contribution in [3.8, 4) is 0 Å². The highest BCUT2D eigenvalue weighted by Crippen LogP contribution is 2.21. The summed E-state index contributed by atoms with van der Waals surface area (Å²) >= 11 is 0. The van der Waals surface area contributed by atoms with Crippen molar-refractivity contribution in [1.82, 2.24) is 9.88 Å². The van der Waals surface area contributed by atoms with Crippen LogP contribution in [0.5, 0.6) is 0 Å². The Labute approximate surface area is 105 Å². The predicted octanol–water partition coefficient (Wildman–Crippen LogP) is 1.31. The van der Waals surface area contributed by atoms with E-state index in [4.69, 9.17) is 9.52 Å². The third-order valence-corrected chi connectivity index (χ3v) is 3.21. The lowest BCUT2D eigenvalue weighted by molar-refractivity contribution is -0.138. The number of rotatable bonds is 3. The Bertz CT molecular complexity index is 455. The summed E-state index contributed by atoms with van der Waals surface area (Å²) in [5, 5.41) is 8.79. The van der Waals surface area contributed by atoms with Crippen molar-refractivity contribution in [3.63, 3.8) is 0 Å². The molecule has 1 atom stereocenters. The Morgan fingerprint density at radius 3 is 3.00 bits per heavy atom. The minimum absolute atomic E-state index is 0.0310. The fourth-order valence-electron chi connectivity index (χ4n) is 2.31. The number of hydrogen-bond donors (Lipinski definition) is 1. The van der Waals surface area contributed by atoms with Crippen LogP contribution in [0.3, 0.4) is 0 Å². The molecule has 0 radical (unpaired) electrons. The first-order valence-electron chi connectivity index (χ1n) is 5.99. The maximum atomic E-state index is 12.2. The van der Waals surface area contributed by atoms with E-state index in [1.165, 1.54) is 6.39 Å². The number of aliphatic carboxylic acids is 1. The van der Waals surface area contributed by atoms with Gasteiger partial charge < -0.3 is 14.4 Å². The normalized spacial score (nSPS) is 19.8. The van der Waals surface area contributed by atoms with E-state index in [0.717, 1.165) is 12.8 Å². The molecule has 1 saturated heterocycles. The van der Waals surface area contributed by atoms with Crippen LogP contribution in [0, 0.1) is 12.8 Å². The summed E-state index contributed by atoms with van der Waals surface area (Å²) < 4.78 is 5.08. The molecular formula is C12H16N2O4. The van der Waals surface area contributed by atoms with Gasteiger partial charge in [-0.15, -0.1) is 0 Å². The van der Waals surface area contributed by atoms with Gasteiger partial charge in [-0.3, -0.25) is 9.59 Å². The number of aryl methyl sites for hydroxylation is 1. The van der Waals surface area contributed by atoms with E-state index in [1.54, 1.807) is 11.8 Å². The van der Waals surface area contributed by atoms with Gasteiger partial charge in [0.15, 0.2) is 6.39 Å². The van der Waals surface area contributed by atoms with Gasteiger partial charge in [-0.25, -0.2) is 4.98 Å². The van der Waals surface area contributed by atoms with Gasteiger partial charge in [-0.1, -0.05) is 0 Å². The predicted molar refractivity (Wildman–Crippen MR) is 62.1 cm³/mol. The zero-order chi connectivity index (χ0) is 13.1. The molecule has 1 aliphatic rings. The first kappa shape index (κ1) is 12.6. The largest absolute Gasteiger partial charge is 0.481 e. The minimum atomic E-state index is -0.815. The molecule has 0 aliphatic carbocycles. The summed E-state index contributed by atoms with van der Waals surface area (Å²) in [5.41, 5.74) is 0.570. The average molecular weight is 252 g/mol. The van der Waals surface area contributed by atoms with E-state index >= 15 is 0 Å². The van der Waals surface area contributed by atoms with E-state index < -0.39 is 5.97 Å². The zero-order valence-corrected chi connectivity index (χ0v) is 10.3. The second-order valence-electron chi connectivity index (χ2n) is 4.62. The molecule has 2 heterocycles. The summed E-state index contributed by atoms with van der Waals surface area (Å²) in [6.07, 6.45) is 3.04. The molecule has 18 heavy (non-hydrogen) atoms. The molecule has 6 nitrogen and oxygen atoms in total. The molecule has 1 unspecified atom stereocenters. The van der Waals surface area contributed by atoms with Crippen molar-refractivity contribution in [3.05, 3.63) is 17.8 Å². The fourth-order valence-corrected chi connectivity index (χ4v) is 2.31. The molecule has 1 fully saturated rings. The summed E-state index contributed by atoms with van der Waals surface area (Å²) in [5.74, 6) is -0.723. The van der Waals surface area contributed by atoms with Crippen molar-refractivity contribution >= 4 is 11.9 Å². The maximum absolute atomic E-state index is 12.2. The van der Waals surface area contributed by atoms with Gasteiger partial charge in [0.25, 0.3) is 5.91 Å². The second kappa shape index (κ2) is 5.20. The SMILES string of the molecule is Cc1ncoc1C(=O)N1CCCC(CC(=O)O)C1. The van der Waals surface area contributed by atoms with Crippen molar-refractivity contribution in [1.29, 1.82) is 0 Å². The number of nitrogens with zero attached hydrogens (tertiary/aromatic N) is 2. The van der Waals surface area contributed by atoms with Crippen LogP contribution in [0.25, 0.3) is 0 Å². The van der Waals surface area contributed by atoms with Crippen molar-refractivity contribution in [2.24, 2.45) is 5.92 Å². The highest BCUT2D eigenvalue weighted by Gasteiger charge is 2.28. The quantitative estimate of drug-likeness (QED) is 0.876. The molecule has 0 aromatic carbocycles. The number of amides is 1. The Hall–Kier alpha value is -1.85. The molecule has 1 aromatic rings. The van der Waals surface area contributed by atoms with Crippen LogP contribution < -0.4 is 0 Å². The highest BCUT2D eigenvalue weighted by atomic mass is 16.4. The molecule has 1 amide bonds. The minimum Gasteiger partial charge on any atom is -0.481 e. The topological polar surface area (TPSA) is 83.6 Å². The van der Waals surface area contributed by atoms with Gasteiger partial charge >= 0.3 is 5.97 Å². The van der Waals surface area contributed by atoms with E-state index in [-0.39, 0.29) is 24.0 Å². The maximum Gasteiger partial charge on any atom is 0.303 e. The number of hydrogen-bond acceptors (Lipinski definition) is 4. The Morgan fingerprint density at radius 1 is 1.61 bits per heavy atom. The molecule has 1 N–H and O–H groups in total. The summed E-state index contributed by atoms with van der Waals surface area (Å²) in [6, 6.07) is 0. The number of likely N-dealkylation sites (tertiary alicyclic amines) is 1. The van der Waals surface area contributed by atoms with E-state index in [0.29, 0.717) is 18.8 Å². The first-order valence-corrected chi connectivity index (χ1v) is 5.99. The fraction of sp³-hybridized carbons (Fsp3) is 0.583. The molecule has 0 bridgehead atoms. The number of aromatic nitrogens is 1. The van der Waals surface area contributed by atoms with Gasteiger partial charge in [0.1, 0.15) is 0 Å². The lowest BCUT2D eigenvalue weighted by Gasteiger charge is -2.31. The highest BCUT2D eigenvalue weighted by molar-refractivity contribution is 5.92. The third kappa shape index (κ3) is 2.69. The first-order chi connectivity index (χ1) is 8.58. The number of oxazole rings is 1. The average Bonchev–Trinajstić information content (AvgIpc) is 2.74. The monoisotopic (exact) mass is 252 g/mol. The molecule has 2 rings (SSSR count). The molecule has 1 aliphatic heterocycles. The van der Waals surface area contributed by atoms with Gasteiger partial charge in [-0.05, 0) is 25.7 Å². The smallest absolute Gasteiger partial charge is 0.303 e. The van der Waals surface area contributed by atoms with Gasteiger partial charge in [0, 0.05) is 19.5 Å². The van der Waals surface area contributed by atoms with Gasteiger partial charge in [0.05, 0.1) is 5.69 Å². The van der Waals surface area contributed by atoms with Gasteiger partial charge in [0.2, 0.25) is 5.76 Å². The Kier molecular flexibility index (Phi) is 3.64. The molecule has 0 spiro atoms. The number of piperidine rings is 1. The van der Waals surface area contributed by atoms with Crippen molar-refractivity contribution in [2.75, 3.05) is 13.1 Å². The van der Waals surface area contributed by atoms with Crippen LogP contribution in [-0.4, -0.2) is 40.0 Å². The number of carboxylic acid groups (broad SMARTS) is 1. The van der Waals surface area contributed by atoms with Crippen LogP contribution in [-0.2, 0) is 4.79 Å². The van der Waals surface area contributed by atoms with E-state index in [1.807, 2.05) is 0 Å². The third-order valence-electron chi connectivity index (χ3n) is 3.21. The van der Waals surface area contributed by atoms with Crippen LogP contribution in [0.15, 0.2) is 10.8 Å². The molecule has 1 aromatic heterocycles. The Morgan fingerprint density at radius 2 is 2.39 bits per heavy atom. The number of carbonyl (C=O) groups excluding carboxylic acids is 1. The van der Waals surface area contributed by atoms with Gasteiger partial charge in [-0.2, -0.15) is 0 Å². The van der Waals surface area contributed by atoms with Crippen molar-refractivity contribution < 1.29 is 19.1 Å². The standard InChI is InChI=1S/C12H16N2O4/c1-8-11(18-7-13-8)12(17)14-4-2-3-9(6-14)5-10(15)16/h7,9H,2-6H2,1H3,(H,15,16). The number of carbonyl (C=O) groups is 2. The summed E-state index contributed by atoms with van der Waals surface area (Å²) in [7, 11) is 0. The zero-order valence-electron chi connectivity index (χ0n) is 10.3. The van der Waals surface area contributed by atoms with E-state index in [9.17, 15) is 9.59 Å². The van der Waals surface area contributed by atoms with E-state index in [2.05, 4.69) is 4.98 Å². The molecular weight excluding hydrogens is 236 g/mol. The molecule has 6 heteroatoms. The van der Waals surface area contributed by atoms with Crippen molar-refractivity contribution in [2.45, 2.75) is 26.2 Å². The van der Waals surface area contributed by atoms with Crippen LogP contribution in [0.4, 0.5) is 0 Å². The second-order valence-corrected chi connectivity index (χ2v) is 4.62. The molecule has 98 valence electrons. The lowest BCUT2D eigenvalue weighted by atomic mass is 9.94. The number of carboxylic acids is 1. The summed E-state index contributed by atoms with van der Waals surface area (Å²) in [6.45, 7) is 2.84.